The standard InChI is InChI=1S/C15H22N6O/c1-9(2)12-7-5-6-10(3)14(12)17-13(22)8-16-11(4)15-18-20-21-19-15/h5-7,9,11,16H,8H2,1-4H3,(H,17,22)(H,18,19,20,21). The highest BCUT2D eigenvalue weighted by Crippen LogP contribution is 2.27. The summed E-state index contributed by atoms with van der Waals surface area (Å²) in [6.07, 6.45) is 0. The van der Waals surface area contributed by atoms with E-state index in [-0.39, 0.29) is 18.5 Å². The van der Waals surface area contributed by atoms with E-state index < -0.39 is 0 Å². The van der Waals surface area contributed by atoms with Crippen LogP contribution in [0.25, 0.3) is 0 Å². The van der Waals surface area contributed by atoms with Crippen molar-refractivity contribution in [1.29, 1.82) is 0 Å². The van der Waals surface area contributed by atoms with Crippen LogP contribution in [0, 0.1) is 6.92 Å². The number of rotatable bonds is 6. The van der Waals surface area contributed by atoms with Gasteiger partial charge in [-0.2, -0.15) is 5.21 Å². The van der Waals surface area contributed by atoms with Gasteiger partial charge in [0.1, 0.15) is 0 Å². The Hall–Kier alpha value is -2.28. The largest absolute Gasteiger partial charge is 0.324 e. The van der Waals surface area contributed by atoms with Crippen molar-refractivity contribution >= 4 is 11.6 Å². The van der Waals surface area contributed by atoms with Crippen molar-refractivity contribution in [3.63, 3.8) is 0 Å². The fraction of sp³-hybridized carbons (Fsp3) is 0.467. The molecule has 0 bridgehead atoms. The second kappa shape index (κ2) is 7.13. The zero-order chi connectivity index (χ0) is 16.1. The van der Waals surface area contributed by atoms with Crippen LogP contribution in [0.2, 0.25) is 0 Å². The fourth-order valence-corrected chi connectivity index (χ4v) is 2.22. The minimum Gasteiger partial charge on any atom is -0.324 e. The van der Waals surface area contributed by atoms with Crippen LogP contribution in [0.1, 0.15) is 49.7 Å². The number of para-hydroxylation sites is 1. The number of aromatic nitrogens is 4. The Kier molecular flexibility index (Phi) is 5.21. The smallest absolute Gasteiger partial charge is 0.238 e. The third-order valence-corrected chi connectivity index (χ3v) is 3.51. The molecular weight excluding hydrogens is 280 g/mol. The molecule has 0 radical (unpaired) electrons. The molecule has 1 amide bonds. The zero-order valence-corrected chi connectivity index (χ0v) is 13.3. The summed E-state index contributed by atoms with van der Waals surface area (Å²) in [6, 6.07) is 5.90. The Labute approximate surface area is 129 Å². The highest BCUT2D eigenvalue weighted by Gasteiger charge is 2.14. The maximum absolute atomic E-state index is 12.2. The third kappa shape index (κ3) is 3.88. The predicted molar refractivity (Wildman–Crippen MR) is 84.5 cm³/mol. The maximum atomic E-state index is 12.2. The van der Waals surface area contributed by atoms with Gasteiger partial charge < -0.3 is 5.32 Å². The second-order valence-electron chi connectivity index (χ2n) is 5.61. The summed E-state index contributed by atoms with van der Waals surface area (Å²) in [5.74, 6) is 0.791. The molecule has 22 heavy (non-hydrogen) atoms. The summed E-state index contributed by atoms with van der Waals surface area (Å²) >= 11 is 0. The van der Waals surface area contributed by atoms with Gasteiger partial charge in [-0.3, -0.25) is 10.1 Å². The maximum Gasteiger partial charge on any atom is 0.238 e. The van der Waals surface area contributed by atoms with Crippen LogP contribution in [0.3, 0.4) is 0 Å². The summed E-state index contributed by atoms with van der Waals surface area (Å²) in [6.45, 7) is 8.28. The van der Waals surface area contributed by atoms with Gasteiger partial charge >= 0.3 is 0 Å². The normalized spacial score (nSPS) is 12.4. The lowest BCUT2D eigenvalue weighted by Crippen LogP contribution is -2.31. The van der Waals surface area contributed by atoms with Crippen molar-refractivity contribution in [3.8, 4) is 0 Å². The Morgan fingerprint density at radius 2 is 2.09 bits per heavy atom. The van der Waals surface area contributed by atoms with E-state index in [1.54, 1.807) is 0 Å². The minimum atomic E-state index is -0.147. The molecular formula is C15H22N6O. The molecule has 1 heterocycles. The van der Waals surface area contributed by atoms with Gasteiger partial charge in [0.25, 0.3) is 0 Å². The number of aryl methyl sites for hydroxylation is 1. The lowest BCUT2D eigenvalue weighted by Gasteiger charge is -2.17. The number of carbonyl (C=O) groups is 1. The van der Waals surface area contributed by atoms with E-state index in [0.29, 0.717) is 11.7 Å². The summed E-state index contributed by atoms with van der Waals surface area (Å²) in [5.41, 5.74) is 3.10. The lowest BCUT2D eigenvalue weighted by molar-refractivity contribution is -0.115. The van der Waals surface area contributed by atoms with Crippen molar-refractivity contribution in [2.75, 3.05) is 11.9 Å². The number of aromatic amines is 1. The molecule has 7 nitrogen and oxygen atoms in total. The van der Waals surface area contributed by atoms with Gasteiger partial charge in [0, 0.05) is 5.69 Å². The van der Waals surface area contributed by atoms with E-state index in [1.165, 1.54) is 0 Å². The number of nitrogens with zero attached hydrogens (tertiary/aromatic N) is 3. The summed E-state index contributed by atoms with van der Waals surface area (Å²) in [4.78, 5) is 12.2. The highest BCUT2D eigenvalue weighted by molar-refractivity contribution is 5.93. The molecule has 2 aromatic rings. The van der Waals surface area contributed by atoms with Gasteiger partial charge in [-0.1, -0.05) is 37.3 Å². The number of carbonyl (C=O) groups excluding carboxylic acids is 1. The van der Waals surface area contributed by atoms with Crippen molar-refractivity contribution in [2.45, 2.75) is 39.7 Å². The van der Waals surface area contributed by atoms with Crippen LogP contribution >= 0.6 is 0 Å². The Morgan fingerprint density at radius 1 is 1.32 bits per heavy atom. The molecule has 0 saturated heterocycles. The average Bonchev–Trinajstić information content (AvgIpc) is 3.01. The van der Waals surface area contributed by atoms with Gasteiger partial charge in [-0.25, -0.2) is 0 Å². The van der Waals surface area contributed by atoms with E-state index in [9.17, 15) is 4.79 Å². The van der Waals surface area contributed by atoms with E-state index in [2.05, 4.69) is 45.1 Å². The molecule has 1 unspecified atom stereocenters. The molecule has 3 N–H and O–H groups in total. The number of H-pyrrole nitrogens is 1. The van der Waals surface area contributed by atoms with Crippen LogP contribution < -0.4 is 10.6 Å². The molecule has 0 aliphatic rings. The molecule has 1 atom stereocenters. The van der Waals surface area contributed by atoms with Gasteiger partial charge in [-0.15, -0.1) is 10.2 Å². The van der Waals surface area contributed by atoms with E-state index in [1.807, 2.05) is 32.0 Å². The van der Waals surface area contributed by atoms with Crippen molar-refractivity contribution in [1.82, 2.24) is 25.9 Å². The monoisotopic (exact) mass is 302 g/mol. The fourth-order valence-electron chi connectivity index (χ4n) is 2.22. The zero-order valence-electron chi connectivity index (χ0n) is 13.3. The molecule has 0 aliphatic heterocycles. The van der Waals surface area contributed by atoms with Crippen molar-refractivity contribution < 1.29 is 4.79 Å². The van der Waals surface area contributed by atoms with Crippen molar-refractivity contribution in [3.05, 3.63) is 35.2 Å². The molecule has 0 spiro atoms. The van der Waals surface area contributed by atoms with Crippen LogP contribution in [-0.4, -0.2) is 33.1 Å². The first-order chi connectivity index (χ1) is 10.5. The molecule has 2 rings (SSSR count). The number of hydrogen-bond acceptors (Lipinski definition) is 5. The van der Waals surface area contributed by atoms with Gasteiger partial charge in [0.15, 0.2) is 5.82 Å². The Bertz CT molecular complexity index is 623. The van der Waals surface area contributed by atoms with E-state index in [4.69, 9.17) is 0 Å². The van der Waals surface area contributed by atoms with Crippen molar-refractivity contribution in [2.24, 2.45) is 0 Å². The van der Waals surface area contributed by atoms with E-state index >= 15 is 0 Å². The number of amides is 1. The Morgan fingerprint density at radius 3 is 2.73 bits per heavy atom. The Balaban J connectivity index is 1.98. The van der Waals surface area contributed by atoms with Gasteiger partial charge in [-0.05, 0) is 30.9 Å². The molecule has 118 valence electrons. The number of tetrazole rings is 1. The van der Waals surface area contributed by atoms with Crippen LogP contribution in [-0.2, 0) is 4.79 Å². The van der Waals surface area contributed by atoms with Crippen LogP contribution in [0.15, 0.2) is 18.2 Å². The highest BCUT2D eigenvalue weighted by atomic mass is 16.1. The van der Waals surface area contributed by atoms with Gasteiger partial charge in [0.05, 0.1) is 12.6 Å². The number of anilines is 1. The molecule has 0 aliphatic carbocycles. The molecule has 0 saturated carbocycles. The molecule has 0 fully saturated rings. The minimum absolute atomic E-state index is 0.0912. The quantitative estimate of drug-likeness (QED) is 0.757. The lowest BCUT2D eigenvalue weighted by atomic mass is 9.98. The van der Waals surface area contributed by atoms with Crippen LogP contribution in [0.4, 0.5) is 5.69 Å². The SMILES string of the molecule is Cc1cccc(C(C)C)c1NC(=O)CNC(C)c1nn[nH]n1. The summed E-state index contributed by atoms with van der Waals surface area (Å²) in [7, 11) is 0. The predicted octanol–water partition coefficient (Wildman–Crippen LogP) is 1.92. The first-order valence-corrected chi connectivity index (χ1v) is 7.35. The molecule has 1 aromatic heterocycles. The third-order valence-electron chi connectivity index (χ3n) is 3.51. The molecule has 7 heteroatoms. The topological polar surface area (TPSA) is 95.6 Å². The average molecular weight is 302 g/mol. The first-order valence-electron chi connectivity index (χ1n) is 7.35. The van der Waals surface area contributed by atoms with Crippen LogP contribution in [0.5, 0.6) is 0 Å². The van der Waals surface area contributed by atoms with E-state index in [0.717, 1.165) is 16.8 Å². The first kappa shape index (κ1) is 16.1. The number of benzene rings is 1. The number of nitrogens with one attached hydrogen (secondary N) is 3. The summed E-state index contributed by atoms with van der Waals surface area (Å²) in [5, 5.41) is 19.7. The number of hydrogen-bond donors (Lipinski definition) is 3. The molecule has 1 aromatic carbocycles. The van der Waals surface area contributed by atoms with Gasteiger partial charge in [0.2, 0.25) is 5.91 Å². The summed E-state index contributed by atoms with van der Waals surface area (Å²) < 4.78 is 0. The second-order valence-corrected chi connectivity index (χ2v) is 5.61.